The third-order valence-corrected chi connectivity index (χ3v) is 3.56. The van der Waals surface area contributed by atoms with Crippen molar-refractivity contribution in [2.24, 2.45) is 0 Å². The fraction of sp³-hybridized carbons (Fsp3) is 0.667. The molecule has 0 aromatic carbocycles. The SMILES string of the molecule is CCOCCCN(CC(F)(F)F)C(=O)c1sc(N)nc1C. The van der Waals surface area contributed by atoms with Gasteiger partial charge < -0.3 is 15.4 Å². The Kier molecular flexibility index (Phi) is 6.41. The lowest BCUT2D eigenvalue weighted by atomic mass is 10.3. The molecule has 0 saturated carbocycles. The van der Waals surface area contributed by atoms with Crippen molar-refractivity contribution in [3.05, 3.63) is 10.6 Å². The second kappa shape index (κ2) is 7.60. The summed E-state index contributed by atoms with van der Waals surface area (Å²) in [5.41, 5.74) is 5.83. The first-order chi connectivity index (χ1) is 9.74. The molecule has 0 radical (unpaired) electrons. The lowest BCUT2D eigenvalue weighted by molar-refractivity contribution is -0.141. The third kappa shape index (κ3) is 5.88. The fourth-order valence-corrected chi connectivity index (χ4v) is 2.53. The number of amides is 1. The number of aryl methyl sites for hydroxylation is 1. The summed E-state index contributed by atoms with van der Waals surface area (Å²) in [6.07, 6.45) is -4.12. The Balaban J connectivity index is 2.79. The molecule has 2 N–H and O–H groups in total. The van der Waals surface area contributed by atoms with Crippen LogP contribution in [0.3, 0.4) is 0 Å². The van der Waals surface area contributed by atoms with Crippen LogP contribution >= 0.6 is 11.3 Å². The molecule has 1 rings (SSSR count). The van der Waals surface area contributed by atoms with E-state index in [4.69, 9.17) is 10.5 Å². The summed E-state index contributed by atoms with van der Waals surface area (Å²) in [6.45, 7) is 2.80. The van der Waals surface area contributed by atoms with E-state index >= 15 is 0 Å². The quantitative estimate of drug-likeness (QED) is 0.782. The topological polar surface area (TPSA) is 68.5 Å². The number of ether oxygens (including phenoxy) is 1. The first kappa shape index (κ1) is 17.7. The number of thiazole rings is 1. The molecule has 0 aliphatic heterocycles. The molecule has 0 unspecified atom stereocenters. The molecule has 120 valence electrons. The highest BCUT2D eigenvalue weighted by Crippen LogP contribution is 2.24. The van der Waals surface area contributed by atoms with Crippen LogP contribution in [0.1, 0.15) is 28.7 Å². The van der Waals surface area contributed by atoms with Crippen LogP contribution in [0.4, 0.5) is 18.3 Å². The predicted molar refractivity (Wildman–Crippen MR) is 74.3 cm³/mol. The normalized spacial score (nSPS) is 11.7. The maximum absolute atomic E-state index is 12.6. The molecule has 0 bridgehead atoms. The molecule has 1 heterocycles. The summed E-state index contributed by atoms with van der Waals surface area (Å²) in [4.78, 5) is 17.0. The van der Waals surface area contributed by atoms with Gasteiger partial charge in [0.15, 0.2) is 5.13 Å². The van der Waals surface area contributed by atoms with Gasteiger partial charge in [-0.25, -0.2) is 4.98 Å². The van der Waals surface area contributed by atoms with Gasteiger partial charge in [0, 0.05) is 19.8 Å². The summed E-state index contributed by atoms with van der Waals surface area (Å²) in [7, 11) is 0. The van der Waals surface area contributed by atoms with E-state index in [-0.39, 0.29) is 16.6 Å². The van der Waals surface area contributed by atoms with E-state index in [1.165, 1.54) is 0 Å². The minimum absolute atomic E-state index is 0.0322. The van der Waals surface area contributed by atoms with Crippen LogP contribution in [0.5, 0.6) is 0 Å². The summed E-state index contributed by atoms with van der Waals surface area (Å²) in [5.74, 6) is -0.699. The molecule has 0 spiro atoms. The van der Waals surface area contributed by atoms with Gasteiger partial charge >= 0.3 is 6.18 Å². The summed E-state index contributed by atoms with van der Waals surface area (Å²) >= 11 is 0.897. The molecule has 0 aliphatic rings. The van der Waals surface area contributed by atoms with E-state index in [9.17, 15) is 18.0 Å². The van der Waals surface area contributed by atoms with Crippen LogP contribution in [0, 0.1) is 6.92 Å². The molecule has 21 heavy (non-hydrogen) atoms. The zero-order valence-electron chi connectivity index (χ0n) is 11.9. The van der Waals surface area contributed by atoms with E-state index < -0.39 is 18.6 Å². The molecule has 0 aliphatic carbocycles. The number of carbonyl (C=O) groups excluding carboxylic acids is 1. The number of alkyl halides is 3. The Bertz CT molecular complexity index is 477. The van der Waals surface area contributed by atoms with Crippen molar-refractivity contribution in [2.75, 3.05) is 32.0 Å². The molecule has 1 amide bonds. The number of nitrogen functional groups attached to an aromatic ring is 1. The monoisotopic (exact) mass is 325 g/mol. The molecule has 1 aromatic rings. The molecule has 0 fully saturated rings. The van der Waals surface area contributed by atoms with Crippen molar-refractivity contribution in [1.82, 2.24) is 9.88 Å². The van der Waals surface area contributed by atoms with Crippen LogP contribution in [-0.2, 0) is 4.74 Å². The molecule has 5 nitrogen and oxygen atoms in total. The number of nitrogens with two attached hydrogens (primary N) is 1. The molecule has 0 atom stereocenters. The Hall–Kier alpha value is -1.35. The number of hydrogen-bond acceptors (Lipinski definition) is 5. The molecular weight excluding hydrogens is 307 g/mol. The van der Waals surface area contributed by atoms with E-state index in [0.29, 0.717) is 25.3 Å². The zero-order valence-corrected chi connectivity index (χ0v) is 12.7. The van der Waals surface area contributed by atoms with Crippen molar-refractivity contribution in [1.29, 1.82) is 0 Å². The maximum atomic E-state index is 12.6. The molecule has 1 aromatic heterocycles. The number of aromatic nitrogens is 1. The Morgan fingerprint density at radius 3 is 2.62 bits per heavy atom. The predicted octanol–water partition coefficient (Wildman–Crippen LogP) is 2.46. The minimum Gasteiger partial charge on any atom is -0.382 e. The number of halogens is 3. The van der Waals surface area contributed by atoms with E-state index in [1.54, 1.807) is 13.8 Å². The number of carbonyl (C=O) groups is 1. The molecule has 0 saturated heterocycles. The van der Waals surface area contributed by atoms with Gasteiger partial charge in [0.25, 0.3) is 5.91 Å². The fourth-order valence-electron chi connectivity index (χ4n) is 1.73. The van der Waals surface area contributed by atoms with Gasteiger partial charge in [0.05, 0.1) is 5.69 Å². The molecule has 9 heteroatoms. The van der Waals surface area contributed by atoms with Crippen LogP contribution in [0.15, 0.2) is 0 Å². The second-order valence-electron chi connectivity index (χ2n) is 4.36. The maximum Gasteiger partial charge on any atom is 0.406 e. The van der Waals surface area contributed by atoms with Crippen LogP contribution < -0.4 is 5.73 Å². The van der Waals surface area contributed by atoms with Crippen molar-refractivity contribution < 1.29 is 22.7 Å². The van der Waals surface area contributed by atoms with E-state index in [2.05, 4.69) is 4.98 Å². The standard InChI is InChI=1S/C12H18F3N3O2S/c1-3-20-6-4-5-18(7-12(13,14)15)10(19)9-8(2)17-11(16)21-9/h3-7H2,1-2H3,(H2,16,17). The highest BCUT2D eigenvalue weighted by atomic mass is 32.1. The summed E-state index contributed by atoms with van der Waals surface area (Å²) < 4.78 is 42.9. The van der Waals surface area contributed by atoms with Crippen molar-refractivity contribution in [3.63, 3.8) is 0 Å². The first-order valence-electron chi connectivity index (χ1n) is 6.41. The Morgan fingerprint density at radius 1 is 1.48 bits per heavy atom. The highest BCUT2D eigenvalue weighted by molar-refractivity contribution is 7.17. The highest BCUT2D eigenvalue weighted by Gasteiger charge is 2.34. The first-order valence-corrected chi connectivity index (χ1v) is 7.23. The van der Waals surface area contributed by atoms with Crippen molar-refractivity contribution in [3.8, 4) is 0 Å². The second-order valence-corrected chi connectivity index (χ2v) is 5.39. The zero-order chi connectivity index (χ0) is 16.0. The lowest BCUT2D eigenvalue weighted by Crippen LogP contribution is -2.39. The summed E-state index contributed by atoms with van der Waals surface area (Å²) in [5, 5.41) is 0.164. The van der Waals surface area contributed by atoms with Gasteiger partial charge in [0.2, 0.25) is 0 Å². The Morgan fingerprint density at radius 2 is 2.14 bits per heavy atom. The number of rotatable bonds is 7. The van der Waals surface area contributed by atoms with Gasteiger partial charge in [-0.3, -0.25) is 4.79 Å². The van der Waals surface area contributed by atoms with Crippen LogP contribution in [0.2, 0.25) is 0 Å². The number of hydrogen-bond donors (Lipinski definition) is 1. The minimum atomic E-state index is -4.45. The Labute approximate surface area is 124 Å². The van der Waals surface area contributed by atoms with Crippen LogP contribution in [0.25, 0.3) is 0 Å². The van der Waals surface area contributed by atoms with Gasteiger partial charge in [-0.15, -0.1) is 0 Å². The smallest absolute Gasteiger partial charge is 0.382 e. The van der Waals surface area contributed by atoms with Crippen LogP contribution in [-0.4, -0.2) is 48.3 Å². The van der Waals surface area contributed by atoms with Gasteiger partial charge in [-0.1, -0.05) is 11.3 Å². The van der Waals surface area contributed by atoms with Gasteiger partial charge in [-0.2, -0.15) is 13.2 Å². The van der Waals surface area contributed by atoms with Crippen molar-refractivity contribution >= 4 is 22.4 Å². The third-order valence-electron chi connectivity index (χ3n) is 2.59. The van der Waals surface area contributed by atoms with Gasteiger partial charge in [0.1, 0.15) is 11.4 Å². The average molecular weight is 325 g/mol. The molecular formula is C12H18F3N3O2S. The largest absolute Gasteiger partial charge is 0.406 e. The number of nitrogens with zero attached hydrogens (tertiary/aromatic N) is 2. The summed E-state index contributed by atoms with van der Waals surface area (Å²) in [6, 6.07) is 0. The van der Waals surface area contributed by atoms with Crippen molar-refractivity contribution in [2.45, 2.75) is 26.4 Å². The average Bonchev–Trinajstić information content (AvgIpc) is 2.70. The van der Waals surface area contributed by atoms with Gasteiger partial charge in [-0.05, 0) is 20.3 Å². The number of anilines is 1. The van der Waals surface area contributed by atoms with E-state index in [0.717, 1.165) is 16.2 Å². The van der Waals surface area contributed by atoms with E-state index in [1.807, 2.05) is 0 Å². The lowest BCUT2D eigenvalue weighted by Gasteiger charge is -2.23.